The van der Waals surface area contributed by atoms with Crippen LogP contribution in [0.1, 0.15) is 23.9 Å². The third kappa shape index (κ3) is 5.57. The van der Waals surface area contributed by atoms with Gasteiger partial charge in [-0.3, -0.25) is 4.79 Å². The topological polar surface area (TPSA) is 69.0 Å². The summed E-state index contributed by atoms with van der Waals surface area (Å²) in [5, 5.41) is 11.8. The minimum Gasteiger partial charge on any atom is -0.485 e. The molecule has 6 nitrogen and oxygen atoms in total. The van der Waals surface area contributed by atoms with E-state index in [-0.39, 0.29) is 17.5 Å². The third-order valence-corrected chi connectivity index (χ3v) is 5.22. The largest absolute Gasteiger partial charge is 0.485 e. The van der Waals surface area contributed by atoms with Crippen molar-refractivity contribution in [3.8, 4) is 5.75 Å². The van der Waals surface area contributed by atoms with Gasteiger partial charge in [0.25, 0.3) is 0 Å². The van der Waals surface area contributed by atoms with E-state index in [1.54, 1.807) is 0 Å². The number of hydrogen-bond acceptors (Lipinski definition) is 5. The van der Waals surface area contributed by atoms with Gasteiger partial charge in [0.15, 0.2) is 11.0 Å². The van der Waals surface area contributed by atoms with E-state index in [1.165, 1.54) is 41.6 Å². The first-order chi connectivity index (χ1) is 14.0. The van der Waals surface area contributed by atoms with E-state index in [2.05, 4.69) is 21.6 Å². The molecule has 8 heteroatoms. The molecule has 0 bridgehead atoms. The first kappa shape index (κ1) is 20.9. The number of nitrogens with one attached hydrogen (secondary N) is 1. The van der Waals surface area contributed by atoms with Crippen molar-refractivity contribution in [3.63, 3.8) is 0 Å². The van der Waals surface area contributed by atoms with Crippen LogP contribution in [-0.2, 0) is 17.9 Å². The number of thioether (sulfide) groups is 1. The Morgan fingerprint density at radius 1 is 1.17 bits per heavy atom. The molecule has 0 aliphatic rings. The van der Waals surface area contributed by atoms with Gasteiger partial charge in [-0.15, -0.1) is 10.2 Å². The van der Waals surface area contributed by atoms with E-state index in [9.17, 15) is 9.18 Å². The van der Waals surface area contributed by atoms with Crippen LogP contribution in [0.4, 0.5) is 10.1 Å². The first-order valence-corrected chi connectivity index (χ1v) is 10.2. The van der Waals surface area contributed by atoms with E-state index in [1.807, 2.05) is 37.5 Å². The number of halogens is 1. The average Bonchev–Trinajstić information content (AvgIpc) is 3.09. The molecule has 3 aromatic rings. The third-order valence-electron chi connectivity index (χ3n) is 4.26. The second-order valence-corrected chi connectivity index (χ2v) is 7.49. The van der Waals surface area contributed by atoms with Gasteiger partial charge in [-0.05, 0) is 56.7 Å². The number of anilines is 1. The minimum absolute atomic E-state index is 0.174. The number of benzene rings is 2. The van der Waals surface area contributed by atoms with E-state index in [0.717, 1.165) is 11.3 Å². The quantitative estimate of drug-likeness (QED) is 0.555. The molecule has 0 aliphatic carbocycles. The SMILES string of the molecule is CCn1c(COc2ccc(C)cc2C)nnc1SCC(=O)Nc1ccc(F)cc1. The predicted octanol–water partition coefficient (Wildman–Crippen LogP) is 4.36. The highest BCUT2D eigenvalue weighted by Crippen LogP contribution is 2.22. The summed E-state index contributed by atoms with van der Waals surface area (Å²) >= 11 is 1.30. The Hall–Kier alpha value is -2.87. The van der Waals surface area contributed by atoms with Crippen molar-refractivity contribution in [2.45, 2.75) is 39.1 Å². The van der Waals surface area contributed by atoms with Crippen LogP contribution in [0.5, 0.6) is 5.75 Å². The maximum Gasteiger partial charge on any atom is 0.234 e. The fraction of sp³-hybridized carbons (Fsp3) is 0.286. The van der Waals surface area contributed by atoms with Crippen molar-refractivity contribution in [2.24, 2.45) is 0 Å². The molecule has 3 rings (SSSR count). The highest BCUT2D eigenvalue weighted by Gasteiger charge is 2.14. The van der Waals surface area contributed by atoms with Gasteiger partial charge < -0.3 is 14.6 Å². The Bertz CT molecular complexity index is 989. The molecule has 0 radical (unpaired) electrons. The van der Waals surface area contributed by atoms with Crippen LogP contribution in [0.2, 0.25) is 0 Å². The zero-order valence-corrected chi connectivity index (χ0v) is 17.4. The molecule has 0 atom stereocenters. The summed E-state index contributed by atoms with van der Waals surface area (Å²) in [6.45, 7) is 7.01. The summed E-state index contributed by atoms with van der Waals surface area (Å²) < 4.78 is 20.8. The van der Waals surface area contributed by atoms with Crippen LogP contribution in [0, 0.1) is 19.7 Å². The molecule has 0 fully saturated rings. The number of nitrogens with zero attached hydrogens (tertiary/aromatic N) is 3. The highest BCUT2D eigenvalue weighted by atomic mass is 32.2. The van der Waals surface area contributed by atoms with Crippen molar-refractivity contribution in [1.82, 2.24) is 14.8 Å². The Balaban J connectivity index is 1.58. The molecule has 152 valence electrons. The molecule has 0 saturated heterocycles. The number of amides is 1. The molecule has 29 heavy (non-hydrogen) atoms. The average molecular weight is 415 g/mol. The normalized spacial score (nSPS) is 10.8. The van der Waals surface area contributed by atoms with E-state index in [4.69, 9.17) is 4.74 Å². The number of ether oxygens (including phenoxy) is 1. The summed E-state index contributed by atoms with van der Waals surface area (Å²) in [7, 11) is 0. The Morgan fingerprint density at radius 3 is 2.62 bits per heavy atom. The van der Waals surface area contributed by atoms with Gasteiger partial charge in [0.2, 0.25) is 5.91 Å². The number of rotatable bonds is 8. The fourth-order valence-electron chi connectivity index (χ4n) is 2.81. The van der Waals surface area contributed by atoms with Crippen LogP contribution in [-0.4, -0.2) is 26.4 Å². The molecule has 0 spiro atoms. The summed E-state index contributed by atoms with van der Waals surface area (Å²) in [5.74, 6) is 1.15. The van der Waals surface area contributed by atoms with Crippen LogP contribution < -0.4 is 10.1 Å². The second-order valence-electron chi connectivity index (χ2n) is 6.54. The summed E-state index contributed by atoms with van der Waals surface area (Å²) in [6, 6.07) is 11.7. The fourth-order valence-corrected chi connectivity index (χ4v) is 3.64. The lowest BCUT2D eigenvalue weighted by atomic mass is 10.1. The van der Waals surface area contributed by atoms with Gasteiger partial charge in [0.1, 0.15) is 18.2 Å². The van der Waals surface area contributed by atoms with Crippen molar-refractivity contribution in [3.05, 3.63) is 65.2 Å². The monoisotopic (exact) mass is 414 g/mol. The van der Waals surface area contributed by atoms with Gasteiger partial charge in [0.05, 0.1) is 5.75 Å². The van der Waals surface area contributed by atoms with Gasteiger partial charge in [-0.2, -0.15) is 0 Å². The number of carbonyl (C=O) groups is 1. The molecule has 2 aromatic carbocycles. The molecule has 1 amide bonds. The molecule has 0 aliphatic heterocycles. The Morgan fingerprint density at radius 2 is 1.93 bits per heavy atom. The van der Waals surface area contributed by atoms with E-state index < -0.39 is 0 Å². The van der Waals surface area contributed by atoms with Gasteiger partial charge in [0, 0.05) is 12.2 Å². The van der Waals surface area contributed by atoms with Crippen LogP contribution in [0.3, 0.4) is 0 Å². The van der Waals surface area contributed by atoms with Crippen molar-refractivity contribution < 1.29 is 13.9 Å². The lowest BCUT2D eigenvalue weighted by molar-refractivity contribution is -0.113. The van der Waals surface area contributed by atoms with Crippen molar-refractivity contribution in [1.29, 1.82) is 0 Å². The minimum atomic E-state index is -0.344. The maximum absolute atomic E-state index is 12.9. The summed E-state index contributed by atoms with van der Waals surface area (Å²) in [5.41, 5.74) is 2.81. The van der Waals surface area contributed by atoms with Gasteiger partial charge in [-0.25, -0.2) is 4.39 Å². The van der Waals surface area contributed by atoms with Crippen molar-refractivity contribution in [2.75, 3.05) is 11.1 Å². The lowest BCUT2D eigenvalue weighted by Gasteiger charge is -2.11. The van der Waals surface area contributed by atoms with Crippen LogP contribution in [0.15, 0.2) is 47.6 Å². The van der Waals surface area contributed by atoms with E-state index >= 15 is 0 Å². The highest BCUT2D eigenvalue weighted by molar-refractivity contribution is 7.99. The van der Waals surface area contributed by atoms with Gasteiger partial charge in [-0.1, -0.05) is 29.5 Å². The van der Waals surface area contributed by atoms with E-state index in [0.29, 0.717) is 29.8 Å². The molecular weight excluding hydrogens is 391 g/mol. The molecule has 0 unspecified atom stereocenters. The van der Waals surface area contributed by atoms with Crippen LogP contribution in [0.25, 0.3) is 0 Å². The standard InChI is InChI=1S/C21H23FN4O2S/c1-4-26-19(12-28-18-10-5-14(2)11-15(18)3)24-25-21(26)29-13-20(27)23-17-8-6-16(22)7-9-17/h5-11H,4,12-13H2,1-3H3,(H,23,27). The van der Waals surface area contributed by atoms with Crippen LogP contribution >= 0.6 is 11.8 Å². The summed E-state index contributed by atoms with van der Waals surface area (Å²) in [4.78, 5) is 12.1. The number of carbonyl (C=O) groups excluding carboxylic acids is 1. The zero-order valence-electron chi connectivity index (χ0n) is 16.6. The van der Waals surface area contributed by atoms with Crippen molar-refractivity contribution >= 4 is 23.4 Å². The van der Waals surface area contributed by atoms with Gasteiger partial charge >= 0.3 is 0 Å². The maximum atomic E-state index is 12.9. The molecule has 0 saturated carbocycles. The smallest absolute Gasteiger partial charge is 0.234 e. The number of aromatic nitrogens is 3. The predicted molar refractivity (Wildman–Crippen MR) is 112 cm³/mol. The number of aryl methyl sites for hydroxylation is 2. The Kier molecular flexibility index (Phi) is 6.87. The number of hydrogen-bond donors (Lipinski definition) is 1. The molecule has 1 heterocycles. The molecule has 1 N–H and O–H groups in total. The lowest BCUT2D eigenvalue weighted by Crippen LogP contribution is -2.15. The zero-order chi connectivity index (χ0) is 20.8. The second kappa shape index (κ2) is 9.56. The molecule has 1 aromatic heterocycles. The summed E-state index contributed by atoms with van der Waals surface area (Å²) in [6.07, 6.45) is 0. The first-order valence-electron chi connectivity index (χ1n) is 9.26. The Labute approximate surface area is 173 Å². The molecular formula is C21H23FN4O2S.